The first kappa shape index (κ1) is 31.7. The van der Waals surface area contributed by atoms with Gasteiger partial charge in [-0.05, 0) is 25.3 Å². The molecule has 15 heteroatoms. The Hall–Kier alpha value is -4.50. The maximum atomic E-state index is 13.2. The number of hydrogen-bond donors (Lipinski definition) is 9. The van der Waals surface area contributed by atoms with Crippen LogP contribution in [0.2, 0.25) is 0 Å². The smallest absolute Gasteiger partial charge is 0.326 e. The summed E-state index contributed by atoms with van der Waals surface area (Å²) in [4.78, 5) is 61.3. The van der Waals surface area contributed by atoms with Gasteiger partial charge in [0.25, 0.3) is 0 Å². The summed E-state index contributed by atoms with van der Waals surface area (Å²) in [6, 6.07) is 3.75. The third-order valence-corrected chi connectivity index (χ3v) is 5.88. The molecule has 0 fully saturated rings. The summed E-state index contributed by atoms with van der Waals surface area (Å²) in [7, 11) is 0. The molecule has 5 atom stereocenters. The Morgan fingerprint density at radius 3 is 2.25 bits per heavy atom. The number of aliphatic hydroxyl groups excluding tert-OH is 1. The van der Waals surface area contributed by atoms with Crippen molar-refractivity contribution in [2.24, 2.45) is 22.2 Å². The Morgan fingerprint density at radius 1 is 1.00 bits per heavy atom. The van der Waals surface area contributed by atoms with E-state index < -0.39 is 54.0 Å². The van der Waals surface area contributed by atoms with Crippen LogP contribution in [0.5, 0.6) is 0 Å². The van der Waals surface area contributed by atoms with Gasteiger partial charge in [0.1, 0.15) is 18.1 Å². The summed E-state index contributed by atoms with van der Waals surface area (Å²) in [5.74, 6) is -3.69. The van der Waals surface area contributed by atoms with Crippen LogP contribution in [-0.4, -0.2) is 86.6 Å². The molecule has 0 radical (unpaired) electrons. The molecule has 1 aromatic carbocycles. The van der Waals surface area contributed by atoms with E-state index in [9.17, 15) is 29.4 Å². The van der Waals surface area contributed by atoms with Crippen LogP contribution < -0.4 is 33.2 Å². The van der Waals surface area contributed by atoms with Gasteiger partial charge in [-0.25, -0.2) is 9.78 Å². The number of aromatic nitrogens is 2. The minimum atomic E-state index is -1.44. The zero-order valence-electron chi connectivity index (χ0n) is 22.1. The lowest BCUT2D eigenvalue weighted by atomic mass is 10.0. The van der Waals surface area contributed by atoms with Gasteiger partial charge >= 0.3 is 5.97 Å². The van der Waals surface area contributed by atoms with Gasteiger partial charge < -0.3 is 48.3 Å². The molecule has 0 saturated carbocycles. The van der Waals surface area contributed by atoms with Crippen molar-refractivity contribution < 1.29 is 29.4 Å². The van der Waals surface area contributed by atoms with Crippen LogP contribution >= 0.6 is 0 Å². The molecule has 15 nitrogen and oxygen atoms in total. The predicted molar refractivity (Wildman–Crippen MR) is 145 cm³/mol. The number of H-pyrrole nitrogens is 1. The molecule has 12 N–H and O–H groups in total. The van der Waals surface area contributed by atoms with Crippen molar-refractivity contribution in [3.63, 3.8) is 0 Å². The minimum absolute atomic E-state index is 0.0135. The number of aliphatic hydroxyl groups is 1. The number of carbonyl (C=O) groups is 4. The second-order valence-electron chi connectivity index (χ2n) is 9.21. The molecule has 0 aliphatic carbocycles. The molecule has 2 aromatic rings. The van der Waals surface area contributed by atoms with E-state index in [4.69, 9.17) is 17.2 Å². The number of amides is 3. The fourth-order valence-corrected chi connectivity index (χ4v) is 3.73. The van der Waals surface area contributed by atoms with Gasteiger partial charge in [0.05, 0.1) is 18.5 Å². The number of guanidine groups is 1. The van der Waals surface area contributed by atoms with E-state index >= 15 is 0 Å². The van der Waals surface area contributed by atoms with E-state index in [0.717, 1.165) is 0 Å². The Morgan fingerprint density at radius 2 is 1.68 bits per heavy atom. The Balaban J connectivity index is 2.14. The fourth-order valence-electron chi connectivity index (χ4n) is 3.73. The number of carbonyl (C=O) groups excluding carboxylic acids is 3. The van der Waals surface area contributed by atoms with Gasteiger partial charge in [-0.15, -0.1) is 0 Å². The van der Waals surface area contributed by atoms with Crippen LogP contribution in [0.15, 0.2) is 47.8 Å². The normalized spacial score (nSPS) is 14.6. The molecule has 40 heavy (non-hydrogen) atoms. The van der Waals surface area contributed by atoms with Gasteiger partial charge in [0, 0.05) is 31.3 Å². The summed E-state index contributed by atoms with van der Waals surface area (Å²) in [6.45, 7) is 1.56. The molecule has 0 spiro atoms. The van der Waals surface area contributed by atoms with Crippen molar-refractivity contribution in [1.82, 2.24) is 25.9 Å². The van der Waals surface area contributed by atoms with Gasteiger partial charge in [0.2, 0.25) is 17.7 Å². The molecule has 0 bridgehead atoms. The largest absolute Gasteiger partial charge is 0.480 e. The Labute approximate surface area is 231 Å². The van der Waals surface area contributed by atoms with Crippen LogP contribution in [0.3, 0.4) is 0 Å². The number of carboxylic acids is 1. The van der Waals surface area contributed by atoms with Gasteiger partial charge in [-0.2, -0.15) is 0 Å². The van der Waals surface area contributed by atoms with Crippen LogP contribution in [0.25, 0.3) is 0 Å². The first-order valence-corrected chi connectivity index (χ1v) is 12.6. The monoisotopic (exact) mass is 559 g/mol. The molecule has 218 valence electrons. The molecule has 0 aliphatic heterocycles. The highest BCUT2D eigenvalue weighted by Crippen LogP contribution is 2.07. The Bertz CT molecular complexity index is 1140. The highest BCUT2D eigenvalue weighted by molar-refractivity contribution is 5.94. The van der Waals surface area contributed by atoms with E-state index in [2.05, 4.69) is 30.9 Å². The topological polar surface area (TPSA) is 264 Å². The van der Waals surface area contributed by atoms with E-state index in [1.165, 1.54) is 19.4 Å². The van der Waals surface area contributed by atoms with E-state index in [0.29, 0.717) is 17.7 Å². The molecular weight excluding hydrogens is 522 g/mol. The molecule has 0 aliphatic rings. The van der Waals surface area contributed by atoms with Crippen LogP contribution in [0.1, 0.15) is 31.0 Å². The first-order chi connectivity index (χ1) is 19.0. The molecule has 5 unspecified atom stereocenters. The van der Waals surface area contributed by atoms with Crippen molar-refractivity contribution >= 4 is 29.7 Å². The van der Waals surface area contributed by atoms with Crippen molar-refractivity contribution in [3.8, 4) is 0 Å². The number of imidazole rings is 1. The lowest BCUT2D eigenvalue weighted by Crippen LogP contribution is -2.60. The Kier molecular flexibility index (Phi) is 12.5. The van der Waals surface area contributed by atoms with Crippen LogP contribution in [0.4, 0.5) is 0 Å². The third-order valence-electron chi connectivity index (χ3n) is 5.88. The van der Waals surface area contributed by atoms with Crippen LogP contribution in [0, 0.1) is 0 Å². The quantitative estimate of drug-likeness (QED) is 0.0592. The maximum Gasteiger partial charge on any atom is 0.326 e. The zero-order valence-corrected chi connectivity index (χ0v) is 22.1. The van der Waals surface area contributed by atoms with Gasteiger partial charge in [-0.3, -0.25) is 19.4 Å². The first-order valence-electron chi connectivity index (χ1n) is 12.6. The standard InChI is InChI=1S/C25H37N9O6/c1-14(35)20(34-21(36)17(26)8-5-9-30-25(27)28)23(38)32-18(10-15-6-3-2-4-7-15)22(37)33-19(24(39)40)11-16-12-29-13-31-16/h2-4,6-7,12-14,17-20,35H,5,8-11,26H2,1H3,(H,29,31)(H,32,38)(H,33,37)(H,34,36)(H,39,40)(H4,27,28,30). The van der Waals surface area contributed by atoms with E-state index in [1.807, 2.05) is 0 Å². The molecule has 1 heterocycles. The molecule has 2 rings (SSSR count). The number of carboxylic acid groups (broad SMARTS) is 1. The summed E-state index contributed by atoms with van der Waals surface area (Å²) in [6.07, 6.45) is 2.04. The van der Waals surface area contributed by atoms with E-state index in [1.54, 1.807) is 30.3 Å². The van der Waals surface area contributed by atoms with Crippen molar-refractivity contribution in [1.29, 1.82) is 0 Å². The van der Waals surface area contributed by atoms with Crippen LogP contribution in [-0.2, 0) is 32.0 Å². The summed E-state index contributed by atoms with van der Waals surface area (Å²) in [5.41, 5.74) is 17.6. The number of nitrogens with one attached hydrogen (secondary N) is 4. The van der Waals surface area contributed by atoms with Gasteiger partial charge in [0.15, 0.2) is 5.96 Å². The summed E-state index contributed by atoms with van der Waals surface area (Å²) >= 11 is 0. The molecular formula is C25H37N9O6. The minimum Gasteiger partial charge on any atom is -0.480 e. The summed E-state index contributed by atoms with van der Waals surface area (Å²) in [5, 5.41) is 27.3. The number of rotatable bonds is 16. The van der Waals surface area contributed by atoms with Crippen molar-refractivity contribution in [2.45, 2.75) is 62.9 Å². The third kappa shape index (κ3) is 10.7. The lowest BCUT2D eigenvalue weighted by Gasteiger charge is -2.26. The second kappa shape index (κ2) is 15.8. The maximum absolute atomic E-state index is 13.2. The molecule has 3 amide bonds. The zero-order chi connectivity index (χ0) is 29.7. The number of nitrogens with zero attached hydrogens (tertiary/aromatic N) is 2. The molecule has 0 saturated heterocycles. The summed E-state index contributed by atoms with van der Waals surface area (Å²) < 4.78 is 0. The number of benzene rings is 1. The lowest BCUT2D eigenvalue weighted by molar-refractivity contribution is -0.142. The number of nitrogens with two attached hydrogens (primary N) is 3. The number of aliphatic carboxylic acids is 1. The highest BCUT2D eigenvalue weighted by Gasteiger charge is 2.32. The van der Waals surface area contributed by atoms with Gasteiger partial charge in [-0.1, -0.05) is 30.3 Å². The average molecular weight is 560 g/mol. The van der Waals surface area contributed by atoms with Crippen molar-refractivity contribution in [3.05, 3.63) is 54.1 Å². The average Bonchev–Trinajstić information content (AvgIpc) is 3.42. The molecule has 1 aromatic heterocycles. The number of aromatic amines is 1. The van der Waals surface area contributed by atoms with E-state index in [-0.39, 0.29) is 31.8 Å². The fraction of sp³-hybridized carbons (Fsp3) is 0.440. The second-order valence-corrected chi connectivity index (χ2v) is 9.21. The highest BCUT2D eigenvalue weighted by atomic mass is 16.4. The number of aliphatic imine (C=N–C) groups is 1. The van der Waals surface area contributed by atoms with Crippen molar-refractivity contribution in [2.75, 3.05) is 6.54 Å². The number of hydrogen-bond acceptors (Lipinski definition) is 8. The predicted octanol–water partition coefficient (Wildman–Crippen LogP) is -2.50. The SMILES string of the molecule is CC(O)C(NC(=O)C(N)CCCN=C(N)N)C(=O)NC(Cc1ccccc1)C(=O)NC(Cc1cnc[nH]1)C(=O)O.